The fraction of sp³-hybridized carbons (Fsp3) is 0.250. The Hall–Kier alpha value is -1.65. The second-order valence-corrected chi connectivity index (χ2v) is 6.24. The molecule has 2 rings (SSSR count). The van der Waals surface area contributed by atoms with E-state index in [1.807, 2.05) is 44.2 Å². The van der Waals surface area contributed by atoms with E-state index in [9.17, 15) is 8.42 Å². The van der Waals surface area contributed by atoms with Crippen LogP contribution in [0, 0.1) is 6.92 Å². The summed E-state index contributed by atoms with van der Waals surface area (Å²) in [6, 6.07) is 16.1. The summed E-state index contributed by atoms with van der Waals surface area (Å²) >= 11 is 0. The molecule has 0 aromatic heterocycles. The Morgan fingerprint density at radius 3 is 2.15 bits per heavy atom. The zero-order chi connectivity index (χ0) is 14.6. The number of hydrogen-bond acceptors (Lipinski definition) is 3. The van der Waals surface area contributed by atoms with Crippen molar-refractivity contribution in [3.8, 4) is 0 Å². The zero-order valence-electron chi connectivity index (χ0n) is 11.6. The Bertz CT molecular complexity index is 646. The highest BCUT2D eigenvalue weighted by molar-refractivity contribution is 7.86. The van der Waals surface area contributed by atoms with Crippen LogP contribution in [0.25, 0.3) is 0 Å². The van der Waals surface area contributed by atoms with Crippen LogP contribution in [0.1, 0.15) is 30.6 Å². The average molecular weight is 290 g/mol. The molecular weight excluding hydrogens is 272 g/mol. The van der Waals surface area contributed by atoms with E-state index in [0.717, 1.165) is 11.1 Å². The van der Waals surface area contributed by atoms with Gasteiger partial charge in [-0.25, -0.2) is 0 Å². The molecule has 0 radical (unpaired) electrons. The van der Waals surface area contributed by atoms with Crippen LogP contribution in [0.2, 0.25) is 0 Å². The van der Waals surface area contributed by atoms with Gasteiger partial charge in [0.15, 0.2) is 0 Å². The van der Waals surface area contributed by atoms with Gasteiger partial charge in [-0.2, -0.15) is 8.42 Å². The molecule has 2 aromatic carbocycles. The van der Waals surface area contributed by atoms with Crippen LogP contribution < -0.4 is 0 Å². The van der Waals surface area contributed by atoms with Gasteiger partial charge in [-0.1, -0.05) is 55.0 Å². The molecule has 0 saturated heterocycles. The van der Waals surface area contributed by atoms with Crippen LogP contribution in [0.15, 0.2) is 59.5 Å². The highest BCUT2D eigenvalue weighted by Crippen LogP contribution is 2.26. The lowest BCUT2D eigenvalue weighted by molar-refractivity contribution is 0.209. The number of aryl methyl sites for hydroxylation is 1. The van der Waals surface area contributed by atoms with Gasteiger partial charge >= 0.3 is 0 Å². The van der Waals surface area contributed by atoms with Crippen LogP contribution in [-0.4, -0.2) is 8.42 Å². The van der Waals surface area contributed by atoms with Crippen LogP contribution in [0.4, 0.5) is 0 Å². The van der Waals surface area contributed by atoms with Gasteiger partial charge in [0.1, 0.15) is 6.10 Å². The molecule has 0 heterocycles. The van der Waals surface area contributed by atoms with Gasteiger partial charge in [0.05, 0.1) is 4.90 Å². The lowest BCUT2D eigenvalue weighted by Gasteiger charge is -2.16. The fourth-order valence-electron chi connectivity index (χ4n) is 1.94. The van der Waals surface area contributed by atoms with Crippen LogP contribution in [0.5, 0.6) is 0 Å². The number of hydrogen-bond donors (Lipinski definition) is 0. The summed E-state index contributed by atoms with van der Waals surface area (Å²) in [6.07, 6.45) is 0.136. The Labute approximate surface area is 120 Å². The second-order valence-electron chi connectivity index (χ2n) is 4.67. The SMILES string of the molecule is CC[C@@H](OS(=O)(=O)c1ccc(C)cc1)c1ccccc1. The molecule has 0 N–H and O–H groups in total. The summed E-state index contributed by atoms with van der Waals surface area (Å²) in [7, 11) is -3.74. The molecule has 0 unspecified atom stereocenters. The van der Waals surface area contributed by atoms with Crippen molar-refractivity contribution in [3.63, 3.8) is 0 Å². The highest BCUT2D eigenvalue weighted by atomic mass is 32.2. The summed E-state index contributed by atoms with van der Waals surface area (Å²) in [6.45, 7) is 3.82. The molecule has 0 spiro atoms. The maximum absolute atomic E-state index is 12.3. The molecule has 2 aromatic rings. The van der Waals surface area contributed by atoms with E-state index in [0.29, 0.717) is 6.42 Å². The van der Waals surface area contributed by atoms with E-state index >= 15 is 0 Å². The van der Waals surface area contributed by atoms with E-state index in [1.165, 1.54) is 0 Å². The third-order valence-electron chi connectivity index (χ3n) is 3.09. The van der Waals surface area contributed by atoms with E-state index in [1.54, 1.807) is 24.3 Å². The summed E-state index contributed by atoms with van der Waals surface area (Å²) < 4.78 is 29.9. The Morgan fingerprint density at radius 1 is 1.00 bits per heavy atom. The molecule has 0 amide bonds. The third-order valence-corrected chi connectivity index (χ3v) is 4.43. The standard InChI is InChI=1S/C16H18O3S/c1-3-16(14-7-5-4-6-8-14)19-20(17,18)15-11-9-13(2)10-12-15/h4-12,16H,3H2,1-2H3/t16-/m1/s1. The normalized spacial score (nSPS) is 13.1. The molecule has 3 nitrogen and oxygen atoms in total. The van der Waals surface area contributed by atoms with Crippen molar-refractivity contribution in [1.29, 1.82) is 0 Å². The van der Waals surface area contributed by atoms with Crippen molar-refractivity contribution >= 4 is 10.1 Å². The molecule has 4 heteroatoms. The molecule has 106 valence electrons. The third kappa shape index (κ3) is 3.46. The fourth-order valence-corrected chi connectivity index (χ4v) is 3.07. The molecule has 0 fully saturated rings. The smallest absolute Gasteiger partial charge is 0.258 e. The first-order valence-corrected chi connectivity index (χ1v) is 7.98. The van der Waals surface area contributed by atoms with Gasteiger partial charge < -0.3 is 0 Å². The Morgan fingerprint density at radius 2 is 1.60 bits per heavy atom. The maximum atomic E-state index is 12.3. The number of rotatable bonds is 5. The van der Waals surface area contributed by atoms with Gasteiger partial charge in [0.25, 0.3) is 10.1 Å². The summed E-state index contributed by atoms with van der Waals surface area (Å²) in [4.78, 5) is 0.192. The van der Waals surface area contributed by atoms with Crippen molar-refractivity contribution in [2.24, 2.45) is 0 Å². The van der Waals surface area contributed by atoms with Gasteiger partial charge in [-0.15, -0.1) is 0 Å². The second kappa shape index (κ2) is 6.20. The summed E-state index contributed by atoms with van der Waals surface area (Å²) in [5.74, 6) is 0. The van der Waals surface area contributed by atoms with Crippen LogP contribution >= 0.6 is 0 Å². The zero-order valence-corrected chi connectivity index (χ0v) is 12.4. The minimum absolute atomic E-state index is 0.192. The first-order valence-electron chi connectivity index (χ1n) is 6.58. The highest BCUT2D eigenvalue weighted by Gasteiger charge is 2.21. The summed E-state index contributed by atoms with van der Waals surface area (Å²) in [5, 5.41) is 0. The molecule has 0 aliphatic heterocycles. The van der Waals surface area contributed by atoms with Gasteiger partial charge in [0.2, 0.25) is 0 Å². The van der Waals surface area contributed by atoms with E-state index < -0.39 is 16.2 Å². The molecular formula is C16H18O3S. The summed E-state index contributed by atoms with van der Waals surface area (Å²) in [5.41, 5.74) is 1.88. The van der Waals surface area contributed by atoms with E-state index in [2.05, 4.69) is 0 Å². The molecule has 0 aliphatic rings. The van der Waals surface area contributed by atoms with E-state index in [-0.39, 0.29) is 4.90 Å². The minimum Gasteiger partial charge on any atom is -0.258 e. The molecule has 0 saturated carbocycles. The molecule has 0 bridgehead atoms. The minimum atomic E-state index is -3.74. The Kier molecular flexibility index (Phi) is 4.57. The van der Waals surface area contributed by atoms with Gasteiger partial charge in [-0.3, -0.25) is 4.18 Å². The molecule has 0 aliphatic carbocycles. The topological polar surface area (TPSA) is 43.4 Å². The van der Waals surface area contributed by atoms with Crippen molar-refractivity contribution in [2.75, 3.05) is 0 Å². The first-order chi connectivity index (χ1) is 9.53. The van der Waals surface area contributed by atoms with Gasteiger partial charge in [0, 0.05) is 0 Å². The van der Waals surface area contributed by atoms with Crippen LogP contribution in [0.3, 0.4) is 0 Å². The van der Waals surface area contributed by atoms with Crippen molar-refractivity contribution in [2.45, 2.75) is 31.3 Å². The monoisotopic (exact) mass is 290 g/mol. The molecule has 20 heavy (non-hydrogen) atoms. The quantitative estimate of drug-likeness (QED) is 0.785. The average Bonchev–Trinajstić information content (AvgIpc) is 2.46. The van der Waals surface area contributed by atoms with Crippen molar-refractivity contribution in [1.82, 2.24) is 0 Å². The lowest BCUT2D eigenvalue weighted by atomic mass is 10.1. The van der Waals surface area contributed by atoms with Crippen LogP contribution in [-0.2, 0) is 14.3 Å². The largest absolute Gasteiger partial charge is 0.297 e. The van der Waals surface area contributed by atoms with E-state index in [4.69, 9.17) is 4.18 Å². The lowest BCUT2D eigenvalue weighted by Crippen LogP contribution is -2.12. The number of benzene rings is 2. The first kappa shape index (κ1) is 14.8. The predicted octanol–water partition coefficient (Wildman–Crippen LogP) is 3.85. The Balaban J connectivity index is 2.24. The predicted molar refractivity (Wildman–Crippen MR) is 78.9 cm³/mol. The maximum Gasteiger partial charge on any atom is 0.297 e. The van der Waals surface area contributed by atoms with Crippen molar-refractivity contribution in [3.05, 3.63) is 65.7 Å². The van der Waals surface area contributed by atoms with Crippen molar-refractivity contribution < 1.29 is 12.6 Å². The molecule has 1 atom stereocenters. The van der Waals surface area contributed by atoms with Gasteiger partial charge in [-0.05, 0) is 31.0 Å².